The molecule has 0 aliphatic carbocycles. The number of benzene rings is 3. The molecule has 214 valence electrons. The highest BCUT2D eigenvalue weighted by molar-refractivity contribution is 5.92. The lowest BCUT2D eigenvalue weighted by Gasteiger charge is -2.36. The number of hydrogen-bond acceptors (Lipinski definition) is 5. The number of hydrogen-bond donors (Lipinski definition) is 2. The Morgan fingerprint density at radius 1 is 1.00 bits per heavy atom. The number of fused-ring (bicyclic) bond motifs is 1. The molecule has 0 spiro atoms. The van der Waals surface area contributed by atoms with E-state index < -0.39 is 0 Å². The van der Waals surface area contributed by atoms with E-state index in [0.717, 1.165) is 73.1 Å². The van der Waals surface area contributed by atoms with E-state index in [2.05, 4.69) is 83.3 Å². The predicted octanol–water partition coefficient (Wildman–Crippen LogP) is 5.96. The van der Waals surface area contributed by atoms with E-state index in [1.165, 1.54) is 11.3 Å². The van der Waals surface area contributed by atoms with E-state index in [0.29, 0.717) is 12.6 Å². The van der Waals surface area contributed by atoms with Crippen molar-refractivity contribution in [2.24, 2.45) is 0 Å². The Balaban J connectivity index is 1.01. The van der Waals surface area contributed by atoms with Gasteiger partial charge in [0, 0.05) is 56.6 Å². The molecule has 2 fully saturated rings. The minimum absolute atomic E-state index is 0.0415. The zero-order valence-electron chi connectivity index (χ0n) is 24.5. The Hall–Kier alpha value is -4.04. The number of anilines is 2. The van der Waals surface area contributed by atoms with Crippen LogP contribution in [-0.2, 0) is 5.41 Å². The lowest BCUT2D eigenvalue weighted by molar-refractivity contribution is 0.200. The highest BCUT2D eigenvalue weighted by atomic mass is 16.5. The van der Waals surface area contributed by atoms with Gasteiger partial charge in [-0.25, -0.2) is 9.78 Å². The number of H-pyrrole nitrogens is 1. The second-order valence-electron chi connectivity index (χ2n) is 12.2. The number of amides is 2. The summed E-state index contributed by atoms with van der Waals surface area (Å²) in [5.74, 6) is 1.73. The predicted molar refractivity (Wildman–Crippen MR) is 166 cm³/mol. The molecule has 0 saturated carbocycles. The van der Waals surface area contributed by atoms with Crippen LogP contribution < -0.4 is 15.0 Å². The number of rotatable bonds is 7. The number of nitrogens with zero attached hydrogens (tertiary/aromatic N) is 4. The maximum absolute atomic E-state index is 12.1. The quantitative estimate of drug-likeness (QED) is 0.277. The molecule has 0 bridgehead atoms. The van der Waals surface area contributed by atoms with Crippen LogP contribution in [0.2, 0.25) is 0 Å². The van der Waals surface area contributed by atoms with Crippen molar-refractivity contribution in [1.29, 1.82) is 0 Å². The van der Waals surface area contributed by atoms with Crippen molar-refractivity contribution in [2.75, 3.05) is 56.1 Å². The third kappa shape index (κ3) is 6.17. The van der Waals surface area contributed by atoms with Crippen molar-refractivity contribution in [3.63, 3.8) is 0 Å². The van der Waals surface area contributed by atoms with Gasteiger partial charge in [-0.05, 0) is 54.3 Å². The van der Waals surface area contributed by atoms with E-state index in [1.54, 1.807) is 4.90 Å². The van der Waals surface area contributed by atoms with Crippen LogP contribution in [0.4, 0.5) is 16.2 Å². The molecule has 2 saturated heterocycles. The van der Waals surface area contributed by atoms with Gasteiger partial charge < -0.3 is 24.8 Å². The van der Waals surface area contributed by atoms with E-state index in [4.69, 9.17) is 9.72 Å². The fourth-order valence-electron chi connectivity index (χ4n) is 5.39. The largest absolute Gasteiger partial charge is 0.492 e. The second kappa shape index (κ2) is 11.1. The van der Waals surface area contributed by atoms with Crippen molar-refractivity contribution >= 4 is 28.4 Å². The van der Waals surface area contributed by atoms with Crippen LogP contribution in [0.1, 0.15) is 33.3 Å². The van der Waals surface area contributed by atoms with Crippen molar-refractivity contribution in [3.8, 4) is 17.1 Å². The standard InChI is InChI=1S/C33H40N6O2/c1-23-22-39(23)32(40)34-26-12-14-27(15-13-26)41-21-20-37-16-18-38(19-17-37)29-7-5-6-28-30(29)36-31(35-28)24-8-10-25(11-9-24)33(2,3)4/h5-15,23H,16-22H2,1-4H3,(H,34,40)(H,35,36). The number of para-hydroxylation sites is 1. The van der Waals surface area contributed by atoms with Crippen molar-refractivity contribution in [3.05, 3.63) is 72.3 Å². The molecule has 1 atom stereocenters. The molecular formula is C33H40N6O2. The van der Waals surface area contributed by atoms with E-state index in [9.17, 15) is 4.79 Å². The molecular weight excluding hydrogens is 512 g/mol. The maximum Gasteiger partial charge on any atom is 0.322 e. The minimum atomic E-state index is -0.0415. The van der Waals surface area contributed by atoms with Gasteiger partial charge in [0.05, 0.1) is 11.2 Å². The zero-order valence-corrected chi connectivity index (χ0v) is 24.5. The molecule has 1 aromatic heterocycles. The van der Waals surface area contributed by atoms with Gasteiger partial charge in [-0.15, -0.1) is 0 Å². The number of urea groups is 1. The molecule has 0 radical (unpaired) electrons. The summed E-state index contributed by atoms with van der Waals surface area (Å²) >= 11 is 0. The molecule has 1 unspecified atom stereocenters. The van der Waals surface area contributed by atoms with Gasteiger partial charge in [0.2, 0.25) is 0 Å². The monoisotopic (exact) mass is 552 g/mol. The molecule has 41 heavy (non-hydrogen) atoms. The topological polar surface area (TPSA) is 76.5 Å². The first-order chi connectivity index (χ1) is 19.7. The molecule has 8 heteroatoms. The van der Waals surface area contributed by atoms with Crippen LogP contribution in [-0.4, -0.2) is 77.7 Å². The number of nitrogens with one attached hydrogen (secondary N) is 2. The molecule has 6 rings (SSSR count). The summed E-state index contributed by atoms with van der Waals surface area (Å²) in [6.07, 6.45) is 0. The molecule has 2 amide bonds. The Morgan fingerprint density at radius 2 is 1.71 bits per heavy atom. The van der Waals surface area contributed by atoms with Gasteiger partial charge in [-0.3, -0.25) is 4.90 Å². The van der Waals surface area contributed by atoms with Gasteiger partial charge in [0.1, 0.15) is 23.7 Å². The summed E-state index contributed by atoms with van der Waals surface area (Å²) in [6.45, 7) is 14.9. The van der Waals surface area contributed by atoms with Crippen molar-refractivity contribution < 1.29 is 9.53 Å². The van der Waals surface area contributed by atoms with Gasteiger partial charge in [-0.2, -0.15) is 0 Å². The summed E-state index contributed by atoms with van der Waals surface area (Å²) in [5, 5.41) is 2.93. The molecule has 2 N–H and O–H groups in total. The molecule has 2 aliphatic heterocycles. The Labute approximate surface area is 242 Å². The molecule has 4 aromatic rings. The van der Waals surface area contributed by atoms with Gasteiger partial charge >= 0.3 is 6.03 Å². The first-order valence-corrected chi connectivity index (χ1v) is 14.6. The minimum Gasteiger partial charge on any atom is -0.492 e. The molecule has 2 aliphatic rings. The summed E-state index contributed by atoms with van der Waals surface area (Å²) in [7, 11) is 0. The smallest absolute Gasteiger partial charge is 0.322 e. The Morgan fingerprint density at radius 3 is 2.37 bits per heavy atom. The fourth-order valence-corrected chi connectivity index (χ4v) is 5.39. The number of aromatic amines is 1. The number of piperazine rings is 1. The van der Waals surface area contributed by atoms with Crippen LogP contribution in [0.3, 0.4) is 0 Å². The van der Waals surface area contributed by atoms with Gasteiger partial charge in [-0.1, -0.05) is 51.1 Å². The van der Waals surface area contributed by atoms with Crippen LogP contribution in [0.5, 0.6) is 5.75 Å². The van der Waals surface area contributed by atoms with Crippen LogP contribution in [0.15, 0.2) is 66.7 Å². The van der Waals surface area contributed by atoms with Gasteiger partial charge in [0.15, 0.2) is 0 Å². The SMILES string of the molecule is CC1CN1C(=O)Nc1ccc(OCCN2CCN(c3cccc4[nH]c(-c5ccc(C(C)(C)C)cc5)nc34)CC2)cc1. The van der Waals surface area contributed by atoms with E-state index in [1.807, 2.05) is 31.2 Å². The maximum atomic E-state index is 12.1. The highest BCUT2D eigenvalue weighted by Gasteiger charge is 2.34. The first kappa shape index (κ1) is 27.1. The third-order valence-electron chi connectivity index (χ3n) is 8.13. The average molecular weight is 553 g/mol. The fraction of sp³-hybridized carbons (Fsp3) is 0.394. The number of carbonyl (C=O) groups is 1. The molecule has 3 heterocycles. The Bertz CT molecular complexity index is 1500. The molecule has 8 nitrogen and oxygen atoms in total. The van der Waals surface area contributed by atoms with Crippen LogP contribution in [0.25, 0.3) is 22.4 Å². The Kier molecular flexibility index (Phi) is 7.34. The van der Waals surface area contributed by atoms with E-state index in [-0.39, 0.29) is 11.4 Å². The number of carbonyl (C=O) groups excluding carboxylic acids is 1. The lowest BCUT2D eigenvalue weighted by Crippen LogP contribution is -2.47. The first-order valence-electron chi connectivity index (χ1n) is 14.6. The normalized spacial score (nSPS) is 17.6. The van der Waals surface area contributed by atoms with Crippen molar-refractivity contribution in [1.82, 2.24) is 19.8 Å². The number of imidazole rings is 1. The second-order valence-corrected chi connectivity index (χ2v) is 12.2. The molecule has 3 aromatic carbocycles. The third-order valence-corrected chi connectivity index (χ3v) is 8.13. The number of aromatic nitrogens is 2. The summed E-state index contributed by atoms with van der Waals surface area (Å²) in [5.41, 5.74) is 6.63. The zero-order chi connectivity index (χ0) is 28.6. The highest BCUT2D eigenvalue weighted by Crippen LogP contribution is 2.30. The van der Waals surface area contributed by atoms with Crippen LogP contribution in [0, 0.1) is 0 Å². The van der Waals surface area contributed by atoms with E-state index >= 15 is 0 Å². The van der Waals surface area contributed by atoms with Crippen molar-refractivity contribution in [2.45, 2.75) is 39.2 Å². The van der Waals surface area contributed by atoms with Crippen LogP contribution >= 0.6 is 0 Å². The summed E-state index contributed by atoms with van der Waals surface area (Å²) in [4.78, 5) is 27.3. The number of ether oxygens (including phenoxy) is 1. The van der Waals surface area contributed by atoms with Gasteiger partial charge in [0.25, 0.3) is 0 Å². The summed E-state index contributed by atoms with van der Waals surface area (Å²) < 4.78 is 5.99. The average Bonchev–Trinajstić information content (AvgIpc) is 3.54. The lowest BCUT2D eigenvalue weighted by atomic mass is 9.87. The summed E-state index contributed by atoms with van der Waals surface area (Å²) in [6, 6.07) is 23.1.